The van der Waals surface area contributed by atoms with Crippen LogP contribution in [0.5, 0.6) is 0 Å². The Balaban J connectivity index is 0.00000200. The van der Waals surface area contributed by atoms with Crippen LogP contribution in [-0.4, -0.2) is 47.2 Å². The molecule has 20 heavy (non-hydrogen) atoms. The predicted octanol–water partition coefficient (Wildman–Crippen LogP) is 2.44. The number of halogens is 1. The Bertz CT molecular complexity index is 411. The summed E-state index contributed by atoms with van der Waals surface area (Å²) < 4.78 is 4.83. The van der Waals surface area contributed by atoms with Crippen LogP contribution in [-0.2, 0) is 6.54 Å². The van der Waals surface area contributed by atoms with E-state index in [2.05, 4.69) is 46.0 Å². The predicted molar refractivity (Wildman–Crippen MR) is 94.8 cm³/mol. The topological polar surface area (TPSA) is 53.7 Å². The largest absolute Gasteiger partial charge is 0.364 e. The molecule has 1 fully saturated rings. The molecule has 2 heterocycles. The van der Waals surface area contributed by atoms with Crippen molar-refractivity contribution in [2.24, 2.45) is 10.9 Å². The van der Waals surface area contributed by atoms with Crippen LogP contribution in [0.15, 0.2) is 21.8 Å². The van der Waals surface area contributed by atoms with Gasteiger partial charge in [0.1, 0.15) is 12.0 Å². The number of hydrogen-bond donors (Lipinski definition) is 1. The maximum Gasteiger partial charge on any atom is 0.194 e. The van der Waals surface area contributed by atoms with Crippen LogP contribution in [0.4, 0.5) is 0 Å². The van der Waals surface area contributed by atoms with Crippen molar-refractivity contribution in [2.75, 3.05) is 25.9 Å². The molecule has 0 spiro atoms. The number of nitrogens with one attached hydrogen (secondary N) is 1. The minimum absolute atomic E-state index is 0. The zero-order valence-corrected chi connectivity index (χ0v) is 15.4. The van der Waals surface area contributed by atoms with Gasteiger partial charge in [-0.3, -0.25) is 4.99 Å². The summed E-state index contributed by atoms with van der Waals surface area (Å²) in [6.45, 7) is 7.33. The zero-order valence-electron chi connectivity index (χ0n) is 12.2. The van der Waals surface area contributed by atoms with Gasteiger partial charge in [-0.05, 0) is 5.92 Å². The number of rotatable bonds is 3. The molecule has 1 unspecified atom stereocenters. The van der Waals surface area contributed by atoms with Gasteiger partial charge in [-0.25, -0.2) is 0 Å². The number of guanidine groups is 1. The van der Waals surface area contributed by atoms with Crippen molar-refractivity contribution in [1.29, 1.82) is 0 Å². The molecule has 0 radical (unpaired) electrons. The minimum atomic E-state index is 0. The molecule has 1 N–H and O–H groups in total. The van der Waals surface area contributed by atoms with E-state index >= 15 is 0 Å². The van der Waals surface area contributed by atoms with Gasteiger partial charge in [0.15, 0.2) is 5.96 Å². The third kappa shape index (κ3) is 4.83. The summed E-state index contributed by atoms with van der Waals surface area (Å²) in [5.74, 6) is 2.81. The average molecular weight is 410 g/mol. The van der Waals surface area contributed by atoms with Gasteiger partial charge in [0.25, 0.3) is 0 Å². The van der Waals surface area contributed by atoms with Crippen molar-refractivity contribution in [3.63, 3.8) is 0 Å². The molecule has 0 amide bonds. The lowest BCUT2D eigenvalue weighted by Gasteiger charge is -2.36. The molecule has 7 heteroatoms. The second-order valence-corrected chi connectivity index (χ2v) is 6.34. The maximum atomic E-state index is 4.83. The van der Waals surface area contributed by atoms with E-state index < -0.39 is 0 Å². The van der Waals surface area contributed by atoms with E-state index in [1.54, 1.807) is 6.26 Å². The summed E-state index contributed by atoms with van der Waals surface area (Å²) >= 11 is 2.07. The van der Waals surface area contributed by atoms with Crippen molar-refractivity contribution in [3.8, 4) is 0 Å². The summed E-state index contributed by atoms with van der Waals surface area (Å²) in [6.07, 6.45) is 1.59. The van der Waals surface area contributed by atoms with E-state index in [9.17, 15) is 0 Å². The Morgan fingerprint density at radius 3 is 3.05 bits per heavy atom. The number of aliphatic imine (C=N–C) groups is 1. The lowest BCUT2D eigenvalue weighted by Crippen LogP contribution is -2.48. The molecule has 2 rings (SSSR count). The Hall–Kier alpha value is -0.440. The van der Waals surface area contributed by atoms with E-state index in [1.165, 1.54) is 0 Å². The van der Waals surface area contributed by atoms with Crippen LogP contribution in [0, 0.1) is 5.92 Å². The number of hydrogen-bond acceptors (Lipinski definition) is 4. The highest BCUT2D eigenvalue weighted by molar-refractivity contribution is 14.0. The highest BCUT2D eigenvalue weighted by atomic mass is 127. The molecule has 5 nitrogen and oxygen atoms in total. The number of aromatic nitrogens is 1. The molecule has 0 saturated carbocycles. The number of nitrogens with zero attached hydrogens (tertiary/aromatic N) is 3. The van der Waals surface area contributed by atoms with Crippen LogP contribution in [0.25, 0.3) is 0 Å². The molecular weight excluding hydrogens is 387 g/mol. The average Bonchev–Trinajstić information content (AvgIpc) is 2.93. The molecule has 1 aromatic heterocycles. The van der Waals surface area contributed by atoms with Gasteiger partial charge in [-0.15, -0.1) is 24.0 Å². The van der Waals surface area contributed by atoms with Crippen molar-refractivity contribution >= 4 is 41.7 Å². The molecule has 1 saturated heterocycles. The van der Waals surface area contributed by atoms with Crippen molar-refractivity contribution in [3.05, 3.63) is 18.0 Å². The summed E-state index contributed by atoms with van der Waals surface area (Å²) in [6, 6.07) is 1.86. The second kappa shape index (κ2) is 8.76. The third-order valence-electron chi connectivity index (χ3n) is 3.27. The quantitative estimate of drug-likeness (QED) is 0.472. The monoisotopic (exact) mass is 410 g/mol. The van der Waals surface area contributed by atoms with Crippen molar-refractivity contribution < 1.29 is 4.52 Å². The number of thioether (sulfide) groups is 1. The Morgan fingerprint density at radius 2 is 2.45 bits per heavy atom. The first-order chi connectivity index (χ1) is 9.20. The summed E-state index contributed by atoms with van der Waals surface area (Å²) in [5.41, 5.74) is 0.896. The highest BCUT2D eigenvalue weighted by Gasteiger charge is 2.24. The standard InChI is InChI=1S/C13H22N4OS.HI/c1-10(2)12-9-17(5-7-19-12)13(14-3)15-8-11-4-6-18-16-11;/h4,6,10,12H,5,7-9H2,1-3H3,(H,14,15);1H. The SMILES string of the molecule is CN=C(NCc1ccon1)N1CCSC(C(C)C)C1.I. The summed E-state index contributed by atoms with van der Waals surface area (Å²) in [4.78, 5) is 6.70. The molecular formula is C13H23IN4OS. The normalized spacial score (nSPS) is 19.9. The van der Waals surface area contributed by atoms with Gasteiger partial charge in [-0.2, -0.15) is 11.8 Å². The fraction of sp³-hybridized carbons (Fsp3) is 0.692. The van der Waals surface area contributed by atoms with E-state index in [0.29, 0.717) is 17.7 Å². The Labute approximate surface area is 142 Å². The van der Waals surface area contributed by atoms with Crippen LogP contribution in [0.1, 0.15) is 19.5 Å². The van der Waals surface area contributed by atoms with E-state index in [0.717, 1.165) is 30.5 Å². The van der Waals surface area contributed by atoms with Gasteiger partial charge in [0.2, 0.25) is 0 Å². The highest BCUT2D eigenvalue weighted by Crippen LogP contribution is 2.24. The molecule has 1 atom stereocenters. The van der Waals surface area contributed by atoms with Crippen molar-refractivity contribution in [1.82, 2.24) is 15.4 Å². The molecule has 0 aliphatic carbocycles. The van der Waals surface area contributed by atoms with E-state index in [4.69, 9.17) is 4.52 Å². The summed E-state index contributed by atoms with van der Waals surface area (Å²) in [5, 5.41) is 7.92. The van der Waals surface area contributed by atoms with Gasteiger partial charge < -0.3 is 14.7 Å². The Kier molecular flexibility index (Phi) is 7.71. The van der Waals surface area contributed by atoms with E-state index in [-0.39, 0.29) is 24.0 Å². The van der Waals surface area contributed by atoms with Gasteiger partial charge >= 0.3 is 0 Å². The maximum absolute atomic E-state index is 4.83. The molecule has 1 aromatic rings. The van der Waals surface area contributed by atoms with Crippen LogP contribution in [0.3, 0.4) is 0 Å². The van der Waals surface area contributed by atoms with Crippen LogP contribution in [0.2, 0.25) is 0 Å². The fourth-order valence-corrected chi connectivity index (χ4v) is 3.40. The van der Waals surface area contributed by atoms with Gasteiger partial charge in [-0.1, -0.05) is 19.0 Å². The Morgan fingerprint density at radius 1 is 1.65 bits per heavy atom. The van der Waals surface area contributed by atoms with Crippen LogP contribution < -0.4 is 5.32 Å². The first-order valence-electron chi connectivity index (χ1n) is 6.67. The first-order valence-corrected chi connectivity index (χ1v) is 7.72. The smallest absolute Gasteiger partial charge is 0.194 e. The van der Waals surface area contributed by atoms with Gasteiger partial charge in [0, 0.05) is 37.2 Å². The molecule has 114 valence electrons. The lowest BCUT2D eigenvalue weighted by atomic mass is 10.1. The first kappa shape index (κ1) is 17.6. The minimum Gasteiger partial charge on any atom is -0.364 e. The van der Waals surface area contributed by atoms with Crippen molar-refractivity contribution in [2.45, 2.75) is 25.6 Å². The van der Waals surface area contributed by atoms with Gasteiger partial charge in [0.05, 0.1) is 6.54 Å². The molecule has 0 bridgehead atoms. The zero-order chi connectivity index (χ0) is 13.7. The molecule has 1 aliphatic rings. The van der Waals surface area contributed by atoms with E-state index in [1.807, 2.05) is 13.1 Å². The third-order valence-corrected chi connectivity index (χ3v) is 4.81. The summed E-state index contributed by atoms with van der Waals surface area (Å²) in [7, 11) is 1.83. The van der Waals surface area contributed by atoms with Crippen LogP contribution >= 0.6 is 35.7 Å². The molecule has 1 aliphatic heterocycles. The lowest BCUT2D eigenvalue weighted by molar-refractivity contribution is 0.378. The molecule has 0 aromatic carbocycles. The fourth-order valence-electron chi connectivity index (χ4n) is 2.10. The second-order valence-electron chi connectivity index (χ2n) is 4.99.